The lowest BCUT2D eigenvalue weighted by Crippen LogP contribution is -2.44. The Morgan fingerprint density at radius 3 is 1.14 bits per heavy atom. The van der Waals surface area contributed by atoms with Crippen LogP contribution in [0.4, 0.5) is 0 Å². The van der Waals surface area contributed by atoms with Crippen LogP contribution in [0.5, 0.6) is 0 Å². The number of hydrogen-bond acceptors (Lipinski definition) is 24. The van der Waals surface area contributed by atoms with Crippen LogP contribution >= 0.6 is 0 Å². The number of aliphatic hydroxyl groups excluding tert-OH is 2. The second kappa shape index (κ2) is 56.0. The monoisotopic (exact) mass is 1270 g/mol. The summed E-state index contributed by atoms with van der Waals surface area (Å²) in [5.41, 5.74) is 0. The third kappa shape index (κ3) is 42.7. The van der Waals surface area contributed by atoms with Crippen LogP contribution in [0.15, 0.2) is 0 Å². The minimum absolute atomic E-state index is 0.103. The Hall–Kier alpha value is -1.41. The van der Waals surface area contributed by atoms with Crippen molar-refractivity contribution in [3.05, 3.63) is 0 Å². The second-order valence-corrected chi connectivity index (χ2v) is 23.6. The maximum Gasteiger partial charge on any atom is 0.307 e. The average molecular weight is 1270 g/mol. The quantitative estimate of drug-likeness (QED) is 0.0602. The largest absolute Gasteiger partial charge is 0.466 e. The number of carbonyl (C=O) groups is 1. The van der Waals surface area contributed by atoms with Crippen LogP contribution in [0, 0.1) is 5.92 Å². The molecule has 9 fully saturated rings. The highest BCUT2D eigenvalue weighted by Gasteiger charge is 2.24. The summed E-state index contributed by atoms with van der Waals surface area (Å²) in [4.78, 5) is 27.6. The molecule has 7 aliphatic heterocycles. The predicted molar refractivity (Wildman–Crippen MR) is 339 cm³/mol. The number of ether oxygens (including phenoxy) is 14. The number of carbonyl (C=O) groups excluding carboxylic acids is 1. The molecule has 520 valence electrons. The summed E-state index contributed by atoms with van der Waals surface area (Å²) in [6.45, 7) is 42.7. The van der Waals surface area contributed by atoms with Gasteiger partial charge in [-0.2, -0.15) is 0 Å². The van der Waals surface area contributed by atoms with Crippen LogP contribution in [0.25, 0.3) is 0 Å². The average Bonchev–Trinajstić information content (AvgIpc) is 3.67. The van der Waals surface area contributed by atoms with Gasteiger partial charge in [0.2, 0.25) is 0 Å². The molecule has 7 saturated heterocycles. The molecule has 7 heterocycles. The Labute approximate surface area is 531 Å². The first-order chi connectivity index (χ1) is 43.3. The van der Waals surface area contributed by atoms with Crippen LogP contribution in [0.3, 0.4) is 0 Å². The summed E-state index contributed by atoms with van der Waals surface area (Å²) in [6.07, 6.45) is 13.0. The summed E-state index contributed by atoms with van der Waals surface area (Å²) in [6, 6.07) is 0.891. The number of morpholine rings is 7. The third-order valence-corrected chi connectivity index (χ3v) is 16.8. The summed E-state index contributed by atoms with van der Waals surface area (Å²) in [7, 11) is 1.66. The minimum atomic E-state index is -0.545. The summed E-state index contributed by atoms with van der Waals surface area (Å²) in [5, 5.41) is 19.0. The molecule has 9 aliphatic rings. The highest BCUT2D eigenvalue weighted by Crippen LogP contribution is 2.27. The highest BCUT2D eigenvalue weighted by molar-refractivity contribution is 5.69. The first-order valence-electron chi connectivity index (χ1n) is 34.4. The van der Waals surface area contributed by atoms with Crippen molar-refractivity contribution in [1.29, 1.82) is 0 Å². The van der Waals surface area contributed by atoms with Crippen molar-refractivity contribution in [2.75, 3.05) is 303 Å². The van der Waals surface area contributed by atoms with Gasteiger partial charge in [-0.25, -0.2) is 0 Å². The SMILES string of the molecule is C1CCC(N2CCOCC2)CC1.C1CN(CCOCCN2CCOCC2)CCO1.CC(O)CN1CCOCC1.CCOC(=O)CCN1CCOCC1.COCCOCCOCCOCCN1CCOCC1.O[C@@H](OCCN1CCOCC1)C1CCCCC1. The lowest BCUT2D eigenvalue weighted by molar-refractivity contribution is -0.145. The molecule has 0 spiro atoms. The van der Waals surface area contributed by atoms with Crippen LogP contribution < -0.4 is 0 Å². The molecule has 24 heteroatoms. The summed E-state index contributed by atoms with van der Waals surface area (Å²) >= 11 is 0. The topological polar surface area (TPSA) is 209 Å². The lowest BCUT2D eigenvalue weighted by Gasteiger charge is -2.36. The molecule has 0 bridgehead atoms. The molecule has 9 rings (SSSR count). The molecular weight excluding hydrogens is 1140 g/mol. The molecule has 0 aromatic heterocycles. The fraction of sp³-hybridized carbons (Fsp3) is 0.984. The van der Waals surface area contributed by atoms with E-state index in [0.717, 1.165) is 249 Å². The number of methoxy groups -OCH3 is 1. The predicted octanol–water partition coefficient (Wildman–Crippen LogP) is 2.54. The van der Waals surface area contributed by atoms with Gasteiger partial charge in [-0.1, -0.05) is 38.5 Å². The van der Waals surface area contributed by atoms with E-state index < -0.39 is 6.29 Å². The summed E-state index contributed by atoms with van der Waals surface area (Å²) < 4.78 is 74.0. The zero-order valence-electron chi connectivity index (χ0n) is 55.6. The van der Waals surface area contributed by atoms with Gasteiger partial charge in [0.25, 0.3) is 0 Å². The fourth-order valence-corrected chi connectivity index (χ4v) is 11.4. The normalized spacial score (nSPS) is 22.8. The van der Waals surface area contributed by atoms with E-state index in [9.17, 15) is 9.90 Å². The van der Waals surface area contributed by atoms with E-state index in [-0.39, 0.29) is 12.1 Å². The van der Waals surface area contributed by atoms with Crippen LogP contribution in [-0.2, 0) is 71.1 Å². The van der Waals surface area contributed by atoms with Crippen molar-refractivity contribution < 1.29 is 81.3 Å². The van der Waals surface area contributed by atoms with Gasteiger partial charge in [0.15, 0.2) is 6.29 Å². The number of esters is 1. The van der Waals surface area contributed by atoms with E-state index in [1.54, 1.807) is 7.11 Å². The van der Waals surface area contributed by atoms with Crippen molar-refractivity contribution in [3.63, 3.8) is 0 Å². The van der Waals surface area contributed by atoms with Gasteiger partial charge in [-0.05, 0) is 39.5 Å². The van der Waals surface area contributed by atoms with Gasteiger partial charge in [-0.15, -0.1) is 0 Å². The van der Waals surface area contributed by atoms with Crippen molar-refractivity contribution in [2.45, 2.75) is 103 Å². The molecule has 0 aromatic carbocycles. The Bertz CT molecular complexity index is 1470. The number of nitrogens with zero attached hydrogens (tertiary/aromatic N) is 7. The molecule has 2 atom stereocenters. The maximum atomic E-state index is 11.0. The van der Waals surface area contributed by atoms with Crippen LogP contribution in [0.2, 0.25) is 0 Å². The van der Waals surface area contributed by atoms with Gasteiger partial charge in [-0.3, -0.25) is 39.1 Å². The third-order valence-electron chi connectivity index (χ3n) is 16.8. The van der Waals surface area contributed by atoms with Crippen LogP contribution in [0.1, 0.15) is 84.5 Å². The Morgan fingerprint density at radius 1 is 0.420 bits per heavy atom. The van der Waals surface area contributed by atoms with Crippen molar-refractivity contribution in [2.24, 2.45) is 5.92 Å². The first-order valence-corrected chi connectivity index (χ1v) is 34.4. The molecule has 0 aromatic rings. The number of rotatable bonds is 30. The zero-order chi connectivity index (χ0) is 62.4. The number of hydrogen-bond donors (Lipinski definition) is 2. The molecule has 2 aliphatic carbocycles. The number of β-amino-alcohol motifs (C(OH)–C–C–N with tert-alkyl or cyclic N) is 1. The van der Waals surface area contributed by atoms with Gasteiger partial charge in [0.1, 0.15) is 0 Å². The zero-order valence-corrected chi connectivity index (χ0v) is 55.6. The Balaban J connectivity index is 0.000000228. The molecule has 88 heavy (non-hydrogen) atoms. The molecule has 0 radical (unpaired) electrons. The van der Waals surface area contributed by atoms with E-state index in [2.05, 4.69) is 34.3 Å². The molecule has 1 unspecified atom stereocenters. The van der Waals surface area contributed by atoms with E-state index >= 15 is 0 Å². The highest BCUT2D eigenvalue weighted by atomic mass is 16.6. The van der Waals surface area contributed by atoms with E-state index in [0.29, 0.717) is 65.2 Å². The van der Waals surface area contributed by atoms with Crippen molar-refractivity contribution >= 4 is 5.97 Å². The first kappa shape index (κ1) is 79.0. The van der Waals surface area contributed by atoms with Gasteiger partial charge in [0.05, 0.1) is 178 Å². The minimum Gasteiger partial charge on any atom is -0.466 e. The van der Waals surface area contributed by atoms with E-state index in [1.165, 1.54) is 64.5 Å². The second-order valence-electron chi connectivity index (χ2n) is 23.6. The van der Waals surface area contributed by atoms with E-state index in [4.69, 9.17) is 71.4 Å². The molecule has 2 saturated carbocycles. The lowest BCUT2D eigenvalue weighted by atomic mass is 9.89. The Morgan fingerprint density at radius 2 is 0.750 bits per heavy atom. The fourth-order valence-electron chi connectivity index (χ4n) is 11.4. The standard InChI is InChI=1S/C13H27NO5.C13H25NO3.C12H24N2O3.C10H19NO.C9H17NO3.C7H15NO2/c1-15-8-9-18-12-13-19-11-10-17-7-4-14-2-5-16-6-3-14;15-13(12-4-2-1-3-5-12)17-11-8-14-6-9-16-10-7-14;1-7-15-8-2-13(1)5-11-17-12-6-14-3-9-16-10-4-14;1-2-4-10(5-3-1)11-6-8-12-9-7-11;1-2-13-9(11)3-4-10-5-7-12-8-6-10;1-7(9)6-8-2-4-10-5-3-8/h2-13H2,1H3;12-13,15H,1-11H2;1-12H2;10H,1-9H2;2-8H2,1H3;7,9H,2-6H2,1H3/t;13-;;;;/m.0..../s1. The molecule has 2 N–H and O–H groups in total. The number of aliphatic hydroxyl groups is 2. The van der Waals surface area contributed by atoms with Gasteiger partial charge < -0.3 is 76.5 Å². The smallest absolute Gasteiger partial charge is 0.307 e. The maximum absolute atomic E-state index is 11.0. The van der Waals surface area contributed by atoms with Crippen molar-refractivity contribution in [3.8, 4) is 0 Å². The Kier molecular flexibility index (Phi) is 50.3. The molecular formula is C64H127N7O17. The summed E-state index contributed by atoms with van der Waals surface area (Å²) in [5.74, 6) is 0.266. The molecule has 24 nitrogen and oxygen atoms in total. The molecule has 0 amide bonds. The van der Waals surface area contributed by atoms with Gasteiger partial charge >= 0.3 is 5.97 Å². The van der Waals surface area contributed by atoms with Crippen LogP contribution in [-0.4, -0.2) is 372 Å². The van der Waals surface area contributed by atoms with E-state index in [1.807, 2.05) is 13.8 Å². The van der Waals surface area contributed by atoms with Gasteiger partial charge in [0, 0.05) is 150 Å². The van der Waals surface area contributed by atoms with Crippen molar-refractivity contribution in [1.82, 2.24) is 34.3 Å².